The molecule has 2 aromatic rings. The number of nitrogens with zero attached hydrogens (tertiary/aromatic N) is 4. The molecular weight excluding hydrogens is 463 g/mol. The van der Waals surface area contributed by atoms with Gasteiger partial charge in [0.1, 0.15) is 11.6 Å². The van der Waals surface area contributed by atoms with E-state index in [1.54, 1.807) is 19.9 Å². The molecule has 2 heterocycles. The first kappa shape index (κ1) is 24.0. The normalized spacial score (nSPS) is 26.3. The smallest absolute Gasteiger partial charge is 0.288 e. The molecule has 2 bridgehead atoms. The fourth-order valence-electron chi connectivity index (χ4n) is 5.52. The Labute approximate surface area is 203 Å². The van der Waals surface area contributed by atoms with Gasteiger partial charge in [-0.25, -0.2) is 4.68 Å². The summed E-state index contributed by atoms with van der Waals surface area (Å²) in [7, 11) is 0. The van der Waals surface area contributed by atoms with E-state index in [1.165, 1.54) is 12.6 Å². The summed E-state index contributed by atoms with van der Waals surface area (Å²) in [5.41, 5.74) is 1.74. The summed E-state index contributed by atoms with van der Waals surface area (Å²) < 4.78 is 1.07. The van der Waals surface area contributed by atoms with Crippen LogP contribution in [-0.4, -0.2) is 31.9 Å². The van der Waals surface area contributed by atoms with Crippen LogP contribution in [0.2, 0.25) is 10.2 Å². The SMILES string of the molecule is Cc1cc(C(C)NC(=O)Cn2ncc(N[C@@H]3C[C@H]4C[C@@H]([C@H]3C)C4(C)C)c(Cl)c2=O)c(Cl)nn1. The summed E-state index contributed by atoms with van der Waals surface area (Å²) in [5.74, 6) is 1.44. The van der Waals surface area contributed by atoms with Gasteiger partial charge in [-0.1, -0.05) is 44.0 Å². The van der Waals surface area contributed by atoms with Gasteiger partial charge in [0.2, 0.25) is 5.91 Å². The van der Waals surface area contributed by atoms with E-state index in [9.17, 15) is 9.59 Å². The Kier molecular flexibility index (Phi) is 6.44. The third-order valence-corrected chi connectivity index (χ3v) is 8.37. The van der Waals surface area contributed by atoms with Crippen molar-refractivity contribution in [2.45, 2.75) is 66.1 Å². The Morgan fingerprint density at radius 2 is 2.03 bits per heavy atom. The lowest BCUT2D eigenvalue weighted by molar-refractivity contribution is -0.122. The first-order valence-electron chi connectivity index (χ1n) is 11.3. The molecule has 0 saturated heterocycles. The zero-order chi connectivity index (χ0) is 24.1. The van der Waals surface area contributed by atoms with E-state index < -0.39 is 11.6 Å². The van der Waals surface area contributed by atoms with Gasteiger partial charge in [0.25, 0.3) is 5.56 Å². The molecular formula is C23H30Cl2N6O2. The van der Waals surface area contributed by atoms with Crippen LogP contribution >= 0.6 is 23.2 Å². The van der Waals surface area contributed by atoms with E-state index in [0.717, 1.165) is 11.1 Å². The van der Waals surface area contributed by atoms with E-state index in [0.29, 0.717) is 40.1 Å². The van der Waals surface area contributed by atoms with Crippen molar-refractivity contribution in [3.63, 3.8) is 0 Å². The highest BCUT2D eigenvalue weighted by molar-refractivity contribution is 6.33. The molecule has 0 radical (unpaired) electrons. The molecule has 5 rings (SSSR count). The van der Waals surface area contributed by atoms with E-state index in [1.807, 2.05) is 0 Å². The molecule has 0 aliphatic heterocycles. The maximum atomic E-state index is 12.8. The first-order valence-corrected chi connectivity index (χ1v) is 12.1. The zero-order valence-corrected chi connectivity index (χ0v) is 21.0. The number of carbonyl (C=O) groups excluding carboxylic acids is 1. The Morgan fingerprint density at radius 1 is 1.30 bits per heavy atom. The number of hydrogen-bond donors (Lipinski definition) is 2. The van der Waals surface area contributed by atoms with Gasteiger partial charge in [0.05, 0.1) is 23.6 Å². The number of anilines is 1. The minimum absolute atomic E-state index is 0.0496. The number of rotatable bonds is 6. The molecule has 1 amide bonds. The Bertz CT molecular complexity index is 1130. The number of halogens is 2. The van der Waals surface area contributed by atoms with Gasteiger partial charge in [0.15, 0.2) is 5.15 Å². The van der Waals surface area contributed by atoms with Crippen molar-refractivity contribution < 1.29 is 4.79 Å². The molecule has 0 spiro atoms. The van der Waals surface area contributed by atoms with E-state index in [2.05, 4.69) is 46.7 Å². The van der Waals surface area contributed by atoms with Crippen molar-refractivity contribution in [1.29, 1.82) is 0 Å². The number of aromatic nitrogens is 4. The number of fused-ring (bicyclic) bond motifs is 2. The summed E-state index contributed by atoms with van der Waals surface area (Å²) in [6.07, 6.45) is 3.86. The molecule has 3 fully saturated rings. The third kappa shape index (κ3) is 4.47. The number of amides is 1. The average molecular weight is 493 g/mol. The second-order valence-corrected chi connectivity index (χ2v) is 10.8. The van der Waals surface area contributed by atoms with Crippen LogP contribution in [-0.2, 0) is 11.3 Å². The number of nitrogens with one attached hydrogen (secondary N) is 2. The van der Waals surface area contributed by atoms with Gasteiger partial charge in [0, 0.05) is 11.6 Å². The van der Waals surface area contributed by atoms with Crippen LogP contribution in [0.25, 0.3) is 0 Å². The van der Waals surface area contributed by atoms with Crippen LogP contribution < -0.4 is 16.2 Å². The van der Waals surface area contributed by atoms with Crippen molar-refractivity contribution in [2.24, 2.45) is 23.2 Å². The molecule has 5 atom stereocenters. The molecule has 2 N–H and O–H groups in total. The van der Waals surface area contributed by atoms with Crippen molar-refractivity contribution in [3.8, 4) is 0 Å². The van der Waals surface area contributed by atoms with Gasteiger partial charge in [-0.3, -0.25) is 9.59 Å². The molecule has 10 heteroatoms. The lowest BCUT2D eigenvalue weighted by Crippen LogP contribution is -2.58. The predicted molar refractivity (Wildman–Crippen MR) is 128 cm³/mol. The van der Waals surface area contributed by atoms with Crippen molar-refractivity contribution in [1.82, 2.24) is 25.3 Å². The second-order valence-electron chi connectivity index (χ2n) is 10.1. The largest absolute Gasteiger partial charge is 0.379 e. The molecule has 3 aliphatic carbocycles. The van der Waals surface area contributed by atoms with Crippen LogP contribution in [0, 0.1) is 30.1 Å². The summed E-state index contributed by atoms with van der Waals surface area (Å²) >= 11 is 12.5. The molecule has 8 nitrogen and oxygen atoms in total. The highest BCUT2D eigenvalue weighted by atomic mass is 35.5. The van der Waals surface area contributed by atoms with Gasteiger partial charge in [-0.2, -0.15) is 10.2 Å². The van der Waals surface area contributed by atoms with Crippen LogP contribution in [0.5, 0.6) is 0 Å². The van der Waals surface area contributed by atoms with Crippen molar-refractivity contribution in [3.05, 3.63) is 44.1 Å². The van der Waals surface area contributed by atoms with E-state index in [-0.39, 0.29) is 28.7 Å². The fourth-order valence-corrected chi connectivity index (χ4v) is 5.97. The molecule has 3 aliphatic rings. The summed E-state index contributed by atoms with van der Waals surface area (Å²) in [6.45, 7) is 10.3. The van der Waals surface area contributed by atoms with Gasteiger partial charge in [-0.05, 0) is 55.9 Å². The highest BCUT2D eigenvalue weighted by Gasteiger charge is 2.56. The van der Waals surface area contributed by atoms with Gasteiger partial charge >= 0.3 is 0 Å². The van der Waals surface area contributed by atoms with E-state index in [4.69, 9.17) is 23.2 Å². The lowest BCUT2D eigenvalue weighted by Gasteiger charge is -2.62. The quantitative estimate of drug-likeness (QED) is 0.631. The average Bonchev–Trinajstić information content (AvgIpc) is 2.75. The van der Waals surface area contributed by atoms with Crippen LogP contribution in [0.15, 0.2) is 17.1 Å². The van der Waals surface area contributed by atoms with Crippen LogP contribution in [0.1, 0.15) is 57.8 Å². The topological polar surface area (TPSA) is 102 Å². The Hall–Kier alpha value is -2.19. The minimum atomic E-state index is -0.502. The lowest BCUT2D eigenvalue weighted by atomic mass is 9.45. The summed E-state index contributed by atoms with van der Waals surface area (Å²) in [5, 5.41) is 18.5. The van der Waals surface area contributed by atoms with Crippen molar-refractivity contribution in [2.75, 3.05) is 5.32 Å². The Balaban J connectivity index is 1.42. The standard InChI is InChI=1S/C23H30Cl2N6O2/c1-11-6-15(21(25)30-29-11)13(3)27-19(32)10-31-22(33)20(24)18(9-26-31)28-17-8-14-7-16(12(17)2)23(14,4)5/h6,9,12-14,16-17,28H,7-8,10H2,1-5H3,(H,27,32)/t12-,13?,14-,16+,17-/m1/s1. The third-order valence-electron chi connectivity index (χ3n) is 7.72. The van der Waals surface area contributed by atoms with Gasteiger partial charge in [-0.15, -0.1) is 5.10 Å². The molecule has 33 heavy (non-hydrogen) atoms. The zero-order valence-electron chi connectivity index (χ0n) is 19.5. The predicted octanol–water partition coefficient (Wildman–Crippen LogP) is 4.01. The molecule has 2 aromatic heterocycles. The first-order chi connectivity index (χ1) is 15.5. The Morgan fingerprint density at radius 3 is 2.70 bits per heavy atom. The number of carbonyl (C=O) groups is 1. The fraction of sp³-hybridized carbons (Fsp3) is 0.609. The summed E-state index contributed by atoms with van der Waals surface area (Å²) in [6, 6.07) is 1.61. The minimum Gasteiger partial charge on any atom is -0.379 e. The maximum Gasteiger partial charge on any atom is 0.288 e. The van der Waals surface area contributed by atoms with Crippen LogP contribution in [0.3, 0.4) is 0 Å². The van der Waals surface area contributed by atoms with Crippen LogP contribution in [0.4, 0.5) is 5.69 Å². The number of hydrogen-bond acceptors (Lipinski definition) is 6. The monoisotopic (exact) mass is 492 g/mol. The van der Waals surface area contributed by atoms with E-state index >= 15 is 0 Å². The van der Waals surface area contributed by atoms with Crippen molar-refractivity contribution >= 4 is 34.8 Å². The molecule has 3 saturated carbocycles. The molecule has 0 aromatic carbocycles. The summed E-state index contributed by atoms with van der Waals surface area (Å²) in [4.78, 5) is 25.3. The van der Waals surface area contributed by atoms with Gasteiger partial charge < -0.3 is 10.6 Å². The second kappa shape index (κ2) is 8.87. The molecule has 1 unspecified atom stereocenters. The number of aryl methyl sites for hydroxylation is 1. The highest BCUT2D eigenvalue weighted by Crippen LogP contribution is 2.61. The molecule has 178 valence electrons. The maximum absolute atomic E-state index is 12.8.